The minimum atomic E-state index is -3.65. The van der Waals surface area contributed by atoms with Crippen molar-refractivity contribution >= 4 is 27.5 Å². The molecule has 0 unspecified atom stereocenters. The zero-order valence-electron chi connectivity index (χ0n) is 26.0. The molecule has 1 heterocycles. The first kappa shape index (κ1) is 32.9. The Morgan fingerprint density at radius 3 is 2.32 bits per heavy atom. The first-order chi connectivity index (χ1) is 21.0. The third-order valence-electron chi connectivity index (χ3n) is 7.67. The van der Waals surface area contributed by atoms with E-state index in [9.17, 15) is 18.0 Å². The molecule has 1 aliphatic heterocycles. The first-order valence-electron chi connectivity index (χ1n) is 15.1. The summed E-state index contributed by atoms with van der Waals surface area (Å²) < 4.78 is 38.2. The average molecular weight is 622 g/mol. The third kappa shape index (κ3) is 8.98. The number of amides is 2. The number of benzene rings is 3. The molecule has 1 aliphatic rings. The number of hydrogen-bond acceptors (Lipinski definition) is 6. The van der Waals surface area contributed by atoms with E-state index in [4.69, 9.17) is 9.47 Å². The van der Waals surface area contributed by atoms with E-state index in [1.807, 2.05) is 75.4 Å². The molecule has 0 fully saturated rings. The smallest absolute Gasteiger partial charge is 0.243 e. The Morgan fingerprint density at radius 1 is 0.932 bits per heavy atom. The minimum Gasteiger partial charge on any atom is -0.486 e. The lowest BCUT2D eigenvalue weighted by Gasteiger charge is -2.33. The predicted molar refractivity (Wildman–Crippen MR) is 172 cm³/mol. The van der Waals surface area contributed by atoms with Crippen LogP contribution in [0.15, 0.2) is 72.8 Å². The van der Waals surface area contributed by atoms with E-state index in [0.717, 1.165) is 29.4 Å². The fourth-order valence-electron chi connectivity index (χ4n) is 5.19. The number of ether oxygens (including phenoxy) is 2. The number of carbonyl (C=O) groups is 2. The van der Waals surface area contributed by atoms with E-state index in [1.165, 1.54) is 4.31 Å². The van der Waals surface area contributed by atoms with Crippen molar-refractivity contribution in [3.05, 3.63) is 89.5 Å². The molecule has 3 aromatic rings. The zero-order valence-corrected chi connectivity index (χ0v) is 26.8. The molecule has 44 heavy (non-hydrogen) atoms. The molecule has 0 bridgehead atoms. The standard InChI is InChI=1S/C34H43N3O6S/c1-5-26(3)35-34(39)30(22-27-12-7-6-8-13-27)36(24-28-14-9-11-25(2)21-28)33(38)15-10-18-37(44(4,40)41)29-16-17-31-32(23-29)43-20-19-42-31/h6-9,11-14,16-17,21,23,26,30H,5,10,15,18-20,22,24H2,1-4H3,(H,35,39)/t26-,30+/m0/s1. The van der Waals surface area contributed by atoms with Gasteiger partial charge < -0.3 is 19.7 Å². The summed E-state index contributed by atoms with van der Waals surface area (Å²) in [5, 5.41) is 3.08. The maximum atomic E-state index is 14.0. The van der Waals surface area contributed by atoms with Crippen LogP contribution in [0, 0.1) is 6.92 Å². The van der Waals surface area contributed by atoms with Crippen LogP contribution in [0.4, 0.5) is 5.69 Å². The second kappa shape index (κ2) is 15.1. The number of sulfonamides is 1. The maximum Gasteiger partial charge on any atom is 0.243 e. The van der Waals surface area contributed by atoms with E-state index in [1.54, 1.807) is 23.1 Å². The Hall–Kier alpha value is -4.05. The monoisotopic (exact) mass is 621 g/mol. The number of rotatable bonds is 14. The van der Waals surface area contributed by atoms with Gasteiger partial charge in [-0.1, -0.05) is 67.1 Å². The molecule has 0 aromatic heterocycles. The van der Waals surface area contributed by atoms with Crippen LogP contribution in [0.3, 0.4) is 0 Å². The van der Waals surface area contributed by atoms with Gasteiger partial charge in [-0.3, -0.25) is 13.9 Å². The van der Waals surface area contributed by atoms with Crippen molar-refractivity contribution in [1.29, 1.82) is 0 Å². The summed E-state index contributed by atoms with van der Waals surface area (Å²) in [6.07, 6.45) is 2.58. The Labute approximate surface area is 261 Å². The van der Waals surface area contributed by atoms with Crippen LogP contribution in [-0.2, 0) is 32.6 Å². The largest absolute Gasteiger partial charge is 0.486 e. The minimum absolute atomic E-state index is 0.0500. The number of aryl methyl sites for hydroxylation is 1. The SMILES string of the molecule is CC[C@H](C)NC(=O)[C@@H](Cc1ccccc1)N(Cc1cccc(C)c1)C(=O)CCCN(c1ccc2c(c1)OCCO2)S(C)(=O)=O. The van der Waals surface area contributed by atoms with Crippen molar-refractivity contribution in [2.45, 2.75) is 65.1 Å². The summed E-state index contributed by atoms with van der Waals surface area (Å²) in [4.78, 5) is 29.4. The maximum absolute atomic E-state index is 14.0. The lowest BCUT2D eigenvalue weighted by molar-refractivity contribution is -0.141. The molecular formula is C34H43N3O6S. The van der Waals surface area contributed by atoms with Gasteiger partial charge in [-0.15, -0.1) is 0 Å². The molecule has 4 rings (SSSR count). The van der Waals surface area contributed by atoms with Crippen molar-refractivity contribution in [2.75, 3.05) is 30.3 Å². The lowest BCUT2D eigenvalue weighted by Crippen LogP contribution is -2.52. The number of nitrogens with one attached hydrogen (secondary N) is 1. The van der Waals surface area contributed by atoms with Crippen LogP contribution in [0.2, 0.25) is 0 Å². The third-order valence-corrected chi connectivity index (χ3v) is 8.87. The zero-order chi connectivity index (χ0) is 31.7. The molecule has 0 saturated carbocycles. The number of nitrogens with zero attached hydrogens (tertiary/aromatic N) is 2. The first-order valence-corrected chi connectivity index (χ1v) is 17.0. The van der Waals surface area contributed by atoms with Crippen molar-refractivity contribution < 1.29 is 27.5 Å². The quantitative estimate of drug-likeness (QED) is 0.276. The summed E-state index contributed by atoms with van der Waals surface area (Å²) in [7, 11) is -3.65. The van der Waals surface area contributed by atoms with Crippen LogP contribution < -0.4 is 19.1 Å². The molecule has 0 radical (unpaired) electrons. The fraction of sp³-hybridized carbons (Fsp3) is 0.412. The van der Waals surface area contributed by atoms with Crippen LogP contribution >= 0.6 is 0 Å². The number of hydrogen-bond donors (Lipinski definition) is 1. The van der Waals surface area contributed by atoms with Gasteiger partial charge in [0.15, 0.2) is 11.5 Å². The molecule has 3 aromatic carbocycles. The van der Waals surface area contributed by atoms with E-state index >= 15 is 0 Å². The van der Waals surface area contributed by atoms with Gasteiger partial charge in [0.25, 0.3) is 0 Å². The topological polar surface area (TPSA) is 105 Å². The summed E-state index contributed by atoms with van der Waals surface area (Å²) in [5.74, 6) is 0.620. The van der Waals surface area contributed by atoms with Gasteiger partial charge in [0.1, 0.15) is 19.3 Å². The average Bonchev–Trinajstić information content (AvgIpc) is 3.00. The Bertz CT molecular complexity index is 1530. The van der Waals surface area contributed by atoms with Crippen molar-refractivity contribution in [1.82, 2.24) is 10.2 Å². The van der Waals surface area contributed by atoms with Crippen molar-refractivity contribution in [3.63, 3.8) is 0 Å². The van der Waals surface area contributed by atoms with Crippen LogP contribution in [-0.4, -0.2) is 63.2 Å². The highest BCUT2D eigenvalue weighted by atomic mass is 32.2. The normalized spacial score (nSPS) is 13.9. The van der Waals surface area contributed by atoms with Crippen molar-refractivity contribution in [2.24, 2.45) is 0 Å². The highest BCUT2D eigenvalue weighted by Gasteiger charge is 2.31. The molecule has 10 heteroatoms. The highest BCUT2D eigenvalue weighted by molar-refractivity contribution is 7.92. The van der Waals surface area contributed by atoms with Gasteiger partial charge in [0.2, 0.25) is 21.8 Å². The van der Waals surface area contributed by atoms with Gasteiger partial charge in [-0.2, -0.15) is 0 Å². The number of fused-ring (bicyclic) bond motifs is 1. The summed E-state index contributed by atoms with van der Waals surface area (Å²) in [6, 6.07) is 21.8. The van der Waals surface area contributed by atoms with Gasteiger partial charge in [-0.05, 0) is 49.9 Å². The van der Waals surface area contributed by atoms with Gasteiger partial charge >= 0.3 is 0 Å². The van der Waals surface area contributed by atoms with E-state index in [0.29, 0.717) is 36.8 Å². The molecule has 0 spiro atoms. The number of anilines is 1. The van der Waals surface area contributed by atoms with Gasteiger partial charge in [-0.25, -0.2) is 8.42 Å². The number of carbonyl (C=O) groups excluding carboxylic acids is 2. The molecule has 9 nitrogen and oxygen atoms in total. The molecule has 2 atom stereocenters. The van der Waals surface area contributed by atoms with Crippen molar-refractivity contribution in [3.8, 4) is 11.5 Å². The molecule has 2 amide bonds. The molecule has 0 aliphatic carbocycles. The molecular weight excluding hydrogens is 578 g/mol. The van der Waals surface area contributed by atoms with E-state index in [2.05, 4.69) is 5.32 Å². The Balaban J connectivity index is 1.58. The van der Waals surface area contributed by atoms with Gasteiger partial charge in [0.05, 0.1) is 11.9 Å². The van der Waals surface area contributed by atoms with E-state index < -0.39 is 16.1 Å². The highest BCUT2D eigenvalue weighted by Crippen LogP contribution is 2.35. The second-order valence-corrected chi connectivity index (χ2v) is 13.2. The summed E-state index contributed by atoms with van der Waals surface area (Å²) >= 11 is 0. The summed E-state index contributed by atoms with van der Waals surface area (Å²) in [5.41, 5.74) is 3.36. The lowest BCUT2D eigenvalue weighted by atomic mass is 10.0. The van der Waals surface area contributed by atoms with E-state index in [-0.39, 0.29) is 43.8 Å². The molecule has 1 N–H and O–H groups in total. The van der Waals surface area contributed by atoms with Crippen LogP contribution in [0.5, 0.6) is 11.5 Å². The predicted octanol–water partition coefficient (Wildman–Crippen LogP) is 4.87. The Kier molecular flexibility index (Phi) is 11.3. The Morgan fingerprint density at radius 2 is 1.64 bits per heavy atom. The van der Waals surface area contributed by atoms with Crippen LogP contribution in [0.1, 0.15) is 49.8 Å². The fourth-order valence-corrected chi connectivity index (χ4v) is 6.15. The molecule has 236 valence electrons. The molecule has 0 saturated heterocycles. The summed E-state index contributed by atoms with van der Waals surface area (Å²) in [6.45, 7) is 7.10. The van der Waals surface area contributed by atoms with Gasteiger partial charge in [0, 0.05) is 38.0 Å². The second-order valence-electron chi connectivity index (χ2n) is 11.3. The van der Waals surface area contributed by atoms with Crippen LogP contribution in [0.25, 0.3) is 0 Å².